The predicted octanol–water partition coefficient (Wildman–Crippen LogP) is 3.43. The van der Waals surface area contributed by atoms with Gasteiger partial charge in [-0.25, -0.2) is 0 Å². The number of halogens is 1. The first-order valence-electron chi connectivity index (χ1n) is 9.24. The Kier molecular flexibility index (Phi) is 6.94. The number of morpholine rings is 1. The quantitative estimate of drug-likeness (QED) is 0.583. The summed E-state index contributed by atoms with van der Waals surface area (Å²) < 4.78 is 14.3. The van der Waals surface area contributed by atoms with Crippen molar-refractivity contribution in [1.29, 1.82) is 0 Å². The lowest BCUT2D eigenvalue weighted by molar-refractivity contribution is 0.0374. The fraction of sp³-hybridized carbons (Fsp3) is 0.550. The summed E-state index contributed by atoms with van der Waals surface area (Å²) in [7, 11) is 1.74. The molecular formula is C20H28IN3O2. The molecule has 1 aromatic carbocycles. The molecule has 0 aliphatic carbocycles. The minimum Gasteiger partial charge on any atom is -0.496 e. The minimum atomic E-state index is 0.746. The first-order valence-corrected chi connectivity index (χ1v) is 10.3. The van der Waals surface area contributed by atoms with Crippen LogP contribution in [0, 0.1) is 17.4 Å². The fourth-order valence-electron chi connectivity index (χ4n) is 3.43. The molecule has 1 aliphatic heterocycles. The zero-order valence-corrected chi connectivity index (χ0v) is 18.1. The molecule has 2 aromatic rings. The van der Waals surface area contributed by atoms with E-state index in [-0.39, 0.29) is 0 Å². The lowest BCUT2D eigenvalue weighted by Crippen LogP contribution is -2.36. The second kappa shape index (κ2) is 9.19. The van der Waals surface area contributed by atoms with Crippen LogP contribution in [0.25, 0.3) is 0 Å². The van der Waals surface area contributed by atoms with Crippen molar-refractivity contribution in [1.82, 2.24) is 14.7 Å². The molecule has 0 spiro atoms. The molecule has 1 fully saturated rings. The van der Waals surface area contributed by atoms with Gasteiger partial charge in [-0.3, -0.25) is 9.58 Å². The molecule has 0 unspecified atom stereocenters. The van der Waals surface area contributed by atoms with Gasteiger partial charge in [0, 0.05) is 24.3 Å². The largest absolute Gasteiger partial charge is 0.496 e. The molecule has 1 saturated heterocycles. The third-order valence-corrected chi connectivity index (χ3v) is 6.56. The SMILES string of the molecule is COc1ccc(CCCN2CCOCC2)cc1Cn1nc(C)c(I)c1C. The maximum atomic E-state index is 5.58. The van der Waals surface area contributed by atoms with E-state index in [4.69, 9.17) is 9.47 Å². The van der Waals surface area contributed by atoms with Crippen LogP contribution >= 0.6 is 22.6 Å². The Bertz CT molecular complexity index is 739. The first kappa shape index (κ1) is 19.6. The van der Waals surface area contributed by atoms with Crippen LogP contribution in [0.2, 0.25) is 0 Å². The molecule has 1 aromatic heterocycles. The Labute approximate surface area is 169 Å². The maximum absolute atomic E-state index is 5.58. The lowest BCUT2D eigenvalue weighted by Gasteiger charge is -2.26. The van der Waals surface area contributed by atoms with Gasteiger partial charge >= 0.3 is 0 Å². The number of hydrogen-bond acceptors (Lipinski definition) is 4. The highest BCUT2D eigenvalue weighted by Gasteiger charge is 2.13. The van der Waals surface area contributed by atoms with Crippen molar-refractivity contribution < 1.29 is 9.47 Å². The zero-order chi connectivity index (χ0) is 18.5. The van der Waals surface area contributed by atoms with Crippen LogP contribution in [0.15, 0.2) is 18.2 Å². The molecule has 6 heteroatoms. The third-order valence-electron chi connectivity index (χ3n) is 5.00. The number of hydrogen-bond donors (Lipinski definition) is 0. The molecule has 2 heterocycles. The molecule has 26 heavy (non-hydrogen) atoms. The summed E-state index contributed by atoms with van der Waals surface area (Å²) in [5.74, 6) is 0.935. The van der Waals surface area contributed by atoms with Crippen molar-refractivity contribution in [3.63, 3.8) is 0 Å². The van der Waals surface area contributed by atoms with E-state index in [1.54, 1.807) is 7.11 Å². The van der Waals surface area contributed by atoms with Crippen LogP contribution in [0.5, 0.6) is 5.75 Å². The molecule has 0 amide bonds. The van der Waals surface area contributed by atoms with Crippen LogP contribution in [0.3, 0.4) is 0 Å². The van der Waals surface area contributed by atoms with E-state index < -0.39 is 0 Å². The summed E-state index contributed by atoms with van der Waals surface area (Å²) in [5, 5.41) is 4.67. The Morgan fingerprint density at radius 2 is 2.00 bits per heavy atom. The number of nitrogens with zero attached hydrogens (tertiary/aromatic N) is 3. The average molecular weight is 469 g/mol. The molecule has 0 bridgehead atoms. The topological polar surface area (TPSA) is 39.5 Å². The zero-order valence-electron chi connectivity index (χ0n) is 15.9. The van der Waals surface area contributed by atoms with E-state index in [2.05, 4.69) is 69.3 Å². The van der Waals surface area contributed by atoms with Gasteiger partial charge in [-0.1, -0.05) is 12.1 Å². The normalized spacial score (nSPS) is 15.4. The van der Waals surface area contributed by atoms with Crippen LogP contribution in [-0.4, -0.2) is 54.6 Å². The van der Waals surface area contributed by atoms with Gasteiger partial charge in [0.1, 0.15) is 5.75 Å². The molecule has 0 saturated carbocycles. The summed E-state index contributed by atoms with van der Waals surface area (Å²) >= 11 is 2.37. The number of rotatable bonds is 7. The summed E-state index contributed by atoms with van der Waals surface area (Å²) in [6.07, 6.45) is 2.26. The average Bonchev–Trinajstić information content (AvgIpc) is 2.90. The Hall–Kier alpha value is -1.12. The Morgan fingerprint density at radius 1 is 1.23 bits per heavy atom. The minimum absolute atomic E-state index is 0.746. The third kappa shape index (κ3) is 4.78. The van der Waals surface area contributed by atoms with Gasteiger partial charge in [0.15, 0.2) is 0 Å². The number of aromatic nitrogens is 2. The number of benzene rings is 1. The molecule has 0 atom stereocenters. The lowest BCUT2D eigenvalue weighted by atomic mass is 10.0. The Balaban J connectivity index is 1.66. The van der Waals surface area contributed by atoms with Crippen LogP contribution < -0.4 is 4.74 Å². The molecule has 3 rings (SSSR count). The van der Waals surface area contributed by atoms with Gasteiger partial charge in [-0.05, 0) is 67.5 Å². The van der Waals surface area contributed by atoms with Crippen LogP contribution in [-0.2, 0) is 17.7 Å². The highest BCUT2D eigenvalue weighted by atomic mass is 127. The van der Waals surface area contributed by atoms with Gasteiger partial charge in [-0.15, -0.1) is 0 Å². The van der Waals surface area contributed by atoms with Gasteiger partial charge in [-0.2, -0.15) is 5.10 Å². The summed E-state index contributed by atoms with van der Waals surface area (Å²) in [4.78, 5) is 2.49. The highest BCUT2D eigenvalue weighted by molar-refractivity contribution is 14.1. The fourth-order valence-corrected chi connectivity index (χ4v) is 3.82. The second-order valence-electron chi connectivity index (χ2n) is 6.85. The van der Waals surface area contributed by atoms with Crippen molar-refractivity contribution in [2.45, 2.75) is 33.2 Å². The predicted molar refractivity (Wildman–Crippen MR) is 112 cm³/mol. The Morgan fingerprint density at radius 3 is 2.65 bits per heavy atom. The molecule has 1 aliphatic rings. The standard InChI is InChI=1S/C20H28IN3O2/c1-15-20(21)16(2)24(22-15)14-18-13-17(6-7-19(18)25-3)5-4-8-23-9-11-26-12-10-23/h6-7,13H,4-5,8-12,14H2,1-3H3. The van der Waals surface area contributed by atoms with Gasteiger partial charge in [0.2, 0.25) is 0 Å². The van der Waals surface area contributed by atoms with Crippen molar-refractivity contribution in [3.05, 3.63) is 44.3 Å². The van der Waals surface area contributed by atoms with Gasteiger partial charge in [0.25, 0.3) is 0 Å². The molecule has 5 nitrogen and oxygen atoms in total. The van der Waals surface area contributed by atoms with E-state index in [1.165, 1.54) is 26.8 Å². The van der Waals surface area contributed by atoms with Crippen LogP contribution in [0.1, 0.15) is 28.9 Å². The summed E-state index contributed by atoms with van der Waals surface area (Å²) in [5.41, 5.74) is 4.86. The maximum Gasteiger partial charge on any atom is 0.123 e. The van der Waals surface area contributed by atoms with Crippen molar-refractivity contribution in [3.8, 4) is 5.75 Å². The van der Waals surface area contributed by atoms with Gasteiger partial charge < -0.3 is 9.47 Å². The molecular weight excluding hydrogens is 441 g/mol. The van der Waals surface area contributed by atoms with E-state index in [9.17, 15) is 0 Å². The van der Waals surface area contributed by atoms with Gasteiger partial charge in [0.05, 0.1) is 36.1 Å². The van der Waals surface area contributed by atoms with Crippen molar-refractivity contribution in [2.75, 3.05) is 40.0 Å². The van der Waals surface area contributed by atoms with Crippen LogP contribution in [0.4, 0.5) is 0 Å². The van der Waals surface area contributed by atoms with E-state index in [0.29, 0.717) is 0 Å². The highest BCUT2D eigenvalue weighted by Crippen LogP contribution is 2.24. The van der Waals surface area contributed by atoms with Crippen molar-refractivity contribution >= 4 is 22.6 Å². The number of aryl methyl sites for hydroxylation is 2. The second-order valence-corrected chi connectivity index (χ2v) is 7.92. The number of methoxy groups -OCH3 is 1. The van der Waals surface area contributed by atoms with E-state index >= 15 is 0 Å². The molecule has 142 valence electrons. The number of ether oxygens (including phenoxy) is 2. The van der Waals surface area contributed by atoms with Crippen molar-refractivity contribution in [2.24, 2.45) is 0 Å². The molecule has 0 radical (unpaired) electrons. The molecule has 0 N–H and O–H groups in total. The first-order chi connectivity index (χ1) is 12.6. The van der Waals surface area contributed by atoms with E-state index in [1.807, 2.05) is 0 Å². The monoisotopic (exact) mass is 469 g/mol. The smallest absolute Gasteiger partial charge is 0.123 e. The van der Waals surface area contributed by atoms with E-state index in [0.717, 1.165) is 57.3 Å². The summed E-state index contributed by atoms with van der Waals surface area (Å²) in [6.45, 7) is 9.93. The summed E-state index contributed by atoms with van der Waals surface area (Å²) in [6, 6.07) is 6.56.